The maximum absolute atomic E-state index is 11.5. The molecule has 90 valence electrons. The number of hydrogen-bond acceptors (Lipinski definition) is 3. The van der Waals surface area contributed by atoms with E-state index >= 15 is 0 Å². The molecule has 0 aromatic heterocycles. The summed E-state index contributed by atoms with van der Waals surface area (Å²) in [6.45, 7) is 8.27. The highest BCUT2D eigenvalue weighted by molar-refractivity contribution is 5.81. The molecule has 0 fully saturated rings. The number of carbonyl (C=O) groups is 1. The Labute approximate surface area is 92.4 Å². The van der Waals surface area contributed by atoms with Gasteiger partial charge in [0, 0.05) is 6.04 Å². The molecule has 0 spiro atoms. The molecule has 0 aliphatic heterocycles. The van der Waals surface area contributed by atoms with E-state index in [9.17, 15) is 4.79 Å². The van der Waals surface area contributed by atoms with Crippen molar-refractivity contribution in [3.05, 3.63) is 0 Å². The molecule has 4 heteroatoms. The fourth-order valence-corrected chi connectivity index (χ4v) is 1.22. The summed E-state index contributed by atoms with van der Waals surface area (Å²) in [6, 6.07) is 0.0145. The highest BCUT2D eigenvalue weighted by Gasteiger charge is 2.12. The van der Waals surface area contributed by atoms with E-state index in [1.165, 1.54) is 0 Å². The molecule has 0 heterocycles. The van der Waals surface area contributed by atoms with Crippen LogP contribution in [0.25, 0.3) is 0 Å². The van der Waals surface area contributed by atoms with Gasteiger partial charge in [-0.15, -0.1) is 0 Å². The molecule has 0 radical (unpaired) electrons. The van der Waals surface area contributed by atoms with Crippen molar-refractivity contribution < 1.29 is 9.90 Å². The lowest BCUT2D eigenvalue weighted by Crippen LogP contribution is -2.44. The number of hydrogen-bond donors (Lipinski definition) is 3. The van der Waals surface area contributed by atoms with Gasteiger partial charge in [-0.3, -0.25) is 4.79 Å². The summed E-state index contributed by atoms with van der Waals surface area (Å²) in [5.41, 5.74) is 0. The van der Waals surface area contributed by atoms with Crippen LogP contribution in [0.5, 0.6) is 0 Å². The molecule has 0 bridgehead atoms. The van der Waals surface area contributed by atoms with Gasteiger partial charge in [0.1, 0.15) is 0 Å². The fraction of sp³-hybridized carbons (Fsp3) is 0.909. The number of rotatable bonds is 7. The van der Waals surface area contributed by atoms with E-state index in [0.29, 0.717) is 0 Å². The lowest BCUT2D eigenvalue weighted by Gasteiger charge is -2.16. The number of amides is 1. The summed E-state index contributed by atoms with van der Waals surface area (Å²) < 4.78 is 0. The molecular weight excluding hydrogens is 192 g/mol. The summed E-state index contributed by atoms with van der Waals surface area (Å²) in [5.74, 6) is 0.0297. The van der Waals surface area contributed by atoms with Crippen LogP contribution in [0.2, 0.25) is 0 Å². The summed E-state index contributed by atoms with van der Waals surface area (Å²) in [6.07, 6.45) is 1.40. The van der Waals surface area contributed by atoms with Gasteiger partial charge in [0.25, 0.3) is 0 Å². The summed E-state index contributed by atoms with van der Waals surface area (Å²) in [4.78, 5) is 11.5. The minimum Gasteiger partial charge on any atom is -0.393 e. The molecule has 2 unspecified atom stereocenters. The van der Waals surface area contributed by atoms with Crippen molar-refractivity contribution >= 4 is 5.91 Å². The Morgan fingerprint density at radius 3 is 2.33 bits per heavy atom. The van der Waals surface area contributed by atoms with Crippen molar-refractivity contribution in [2.24, 2.45) is 0 Å². The average molecular weight is 216 g/mol. The Balaban J connectivity index is 3.55. The first-order chi connectivity index (χ1) is 6.93. The topological polar surface area (TPSA) is 61.4 Å². The molecular formula is C11H24N2O2. The minimum absolute atomic E-state index is 0.0297. The monoisotopic (exact) mass is 216 g/mol. The quantitative estimate of drug-likeness (QED) is 0.548. The van der Waals surface area contributed by atoms with Crippen LogP contribution in [0.15, 0.2) is 0 Å². The molecule has 0 saturated carbocycles. The van der Waals surface area contributed by atoms with Crippen LogP contribution >= 0.6 is 0 Å². The number of nitrogens with one attached hydrogen (secondary N) is 2. The van der Waals surface area contributed by atoms with Crippen molar-refractivity contribution in [2.45, 2.75) is 58.7 Å². The van der Waals surface area contributed by atoms with Gasteiger partial charge in [-0.05, 0) is 47.1 Å². The lowest BCUT2D eigenvalue weighted by molar-refractivity contribution is -0.123. The van der Waals surface area contributed by atoms with Gasteiger partial charge in [0.15, 0.2) is 0 Å². The zero-order valence-corrected chi connectivity index (χ0v) is 10.2. The van der Waals surface area contributed by atoms with Crippen LogP contribution in [0, 0.1) is 0 Å². The molecule has 0 saturated heterocycles. The minimum atomic E-state index is -0.258. The normalized spacial score (nSPS) is 15.1. The highest BCUT2D eigenvalue weighted by atomic mass is 16.3. The molecule has 2 atom stereocenters. The smallest absolute Gasteiger partial charge is 0.237 e. The van der Waals surface area contributed by atoms with Crippen LogP contribution in [0.3, 0.4) is 0 Å². The first kappa shape index (κ1) is 14.4. The second-order valence-corrected chi connectivity index (χ2v) is 4.33. The molecule has 0 rings (SSSR count). The van der Waals surface area contributed by atoms with E-state index < -0.39 is 0 Å². The Morgan fingerprint density at radius 2 is 1.87 bits per heavy atom. The van der Waals surface area contributed by atoms with Gasteiger partial charge in [0.2, 0.25) is 5.91 Å². The van der Waals surface area contributed by atoms with Crippen molar-refractivity contribution in [2.75, 3.05) is 6.54 Å². The van der Waals surface area contributed by atoms with Crippen molar-refractivity contribution in [3.8, 4) is 0 Å². The third-order valence-electron chi connectivity index (χ3n) is 2.07. The van der Waals surface area contributed by atoms with Crippen molar-refractivity contribution in [1.29, 1.82) is 0 Å². The van der Waals surface area contributed by atoms with Gasteiger partial charge >= 0.3 is 0 Å². The van der Waals surface area contributed by atoms with Crippen LogP contribution < -0.4 is 10.6 Å². The Kier molecular flexibility index (Phi) is 7.34. The van der Waals surface area contributed by atoms with Crippen LogP contribution in [-0.4, -0.2) is 35.7 Å². The van der Waals surface area contributed by atoms with Crippen LogP contribution in [-0.2, 0) is 4.79 Å². The Morgan fingerprint density at radius 1 is 1.27 bits per heavy atom. The van der Waals surface area contributed by atoms with Gasteiger partial charge in [-0.25, -0.2) is 0 Å². The zero-order chi connectivity index (χ0) is 11.8. The largest absolute Gasteiger partial charge is 0.393 e. The molecule has 0 aliphatic rings. The molecule has 15 heavy (non-hydrogen) atoms. The van der Waals surface area contributed by atoms with Gasteiger partial charge in [0.05, 0.1) is 12.1 Å². The predicted molar refractivity (Wildman–Crippen MR) is 61.7 cm³/mol. The van der Waals surface area contributed by atoms with E-state index in [1.54, 1.807) is 6.92 Å². The van der Waals surface area contributed by atoms with Crippen molar-refractivity contribution in [1.82, 2.24) is 10.6 Å². The standard InChI is InChI=1S/C11H24N2O2/c1-8(2)13-11(15)10(4)12-7-5-6-9(3)14/h8-10,12,14H,5-7H2,1-4H3,(H,13,15). The van der Waals surface area contributed by atoms with Gasteiger partial charge in [-0.2, -0.15) is 0 Å². The number of carbonyl (C=O) groups excluding carboxylic acids is 1. The SMILES string of the molecule is CC(O)CCCNC(C)C(=O)NC(C)C. The van der Waals surface area contributed by atoms with Crippen molar-refractivity contribution in [3.63, 3.8) is 0 Å². The van der Waals surface area contributed by atoms with E-state index in [0.717, 1.165) is 19.4 Å². The number of aliphatic hydroxyl groups is 1. The Hall–Kier alpha value is -0.610. The molecule has 0 aromatic rings. The first-order valence-electron chi connectivity index (χ1n) is 5.65. The molecule has 4 nitrogen and oxygen atoms in total. The van der Waals surface area contributed by atoms with E-state index in [-0.39, 0.29) is 24.1 Å². The molecule has 0 aromatic carbocycles. The second kappa shape index (κ2) is 7.65. The van der Waals surface area contributed by atoms with E-state index in [2.05, 4.69) is 10.6 Å². The van der Waals surface area contributed by atoms with E-state index in [4.69, 9.17) is 5.11 Å². The van der Waals surface area contributed by atoms with Crippen LogP contribution in [0.4, 0.5) is 0 Å². The maximum atomic E-state index is 11.5. The average Bonchev–Trinajstić information content (AvgIpc) is 2.10. The van der Waals surface area contributed by atoms with E-state index in [1.807, 2.05) is 20.8 Å². The van der Waals surface area contributed by atoms with Gasteiger partial charge < -0.3 is 15.7 Å². The first-order valence-corrected chi connectivity index (χ1v) is 5.65. The zero-order valence-electron chi connectivity index (χ0n) is 10.2. The second-order valence-electron chi connectivity index (χ2n) is 4.33. The molecule has 1 amide bonds. The predicted octanol–water partition coefficient (Wildman–Crippen LogP) is 0.650. The summed E-state index contributed by atoms with van der Waals surface area (Å²) >= 11 is 0. The van der Waals surface area contributed by atoms with Crippen LogP contribution in [0.1, 0.15) is 40.5 Å². The maximum Gasteiger partial charge on any atom is 0.237 e. The van der Waals surface area contributed by atoms with Gasteiger partial charge in [-0.1, -0.05) is 0 Å². The number of aliphatic hydroxyl groups excluding tert-OH is 1. The molecule has 0 aliphatic carbocycles. The Bertz CT molecular complexity index is 181. The summed E-state index contributed by atoms with van der Waals surface area (Å²) in [5, 5.41) is 15.0. The fourth-order valence-electron chi connectivity index (χ4n) is 1.22. The molecule has 3 N–H and O–H groups in total. The lowest BCUT2D eigenvalue weighted by atomic mass is 10.2. The highest BCUT2D eigenvalue weighted by Crippen LogP contribution is 1.94. The third kappa shape index (κ3) is 8.39. The third-order valence-corrected chi connectivity index (χ3v) is 2.07. The summed E-state index contributed by atoms with van der Waals surface area (Å²) in [7, 11) is 0.